The minimum atomic E-state index is -0.968. The largest absolute Gasteiger partial charge is 0.350 e. The van der Waals surface area contributed by atoms with Crippen molar-refractivity contribution in [2.24, 2.45) is 0 Å². The highest BCUT2D eigenvalue weighted by Gasteiger charge is 2.40. The van der Waals surface area contributed by atoms with Crippen molar-refractivity contribution in [3.8, 4) is 6.19 Å². The molecule has 2 unspecified atom stereocenters. The monoisotopic (exact) mass is 496 g/mol. The van der Waals surface area contributed by atoms with Crippen LogP contribution in [0.5, 0.6) is 0 Å². The van der Waals surface area contributed by atoms with Crippen LogP contribution >= 0.6 is 0 Å². The molecule has 1 aliphatic heterocycles. The first-order valence-corrected chi connectivity index (χ1v) is 12.5. The van der Waals surface area contributed by atoms with E-state index in [1.807, 2.05) is 36.4 Å². The maximum atomic E-state index is 14.1. The number of nitriles is 1. The average Bonchev–Trinajstić information content (AvgIpc) is 3.40. The zero-order valence-electron chi connectivity index (χ0n) is 21.5. The summed E-state index contributed by atoms with van der Waals surface area (Å²) in [4.78, 5) is 39.2. The van der Waals surface area contributed by atoms with Crippen molar-refractivity contribution < 1.29 is 9.59 Å². The third-order valence-corrected chi connectivity index (χ3v) is 6.64. The molecule has 0 aliphatic carbocycles. The van der Waals surface area contributed by atoms with Crippen LogP contribution in [0.15, 0.2) is 73.3 Å². The fourth-order valence-electron chi connectivity index (χ4n) is 4.57. The van der Waals surface area contributed by atoms with Crippen LogP contribution in [0.4, 0.5) is 5.69 Å². The van der Waals surface area contributed by atoms with E-state index in [1.165, 1.54) is 9.80 Å². The van der Waals surface area contributed by atoms with Crippen molar-refractivity contribution >= 4 is 17.5 Å². The zero-order chi connectivity index (χ0) is 26.4. The second-order valence-corrected chi connectivity index (χ2v) is 10.2. The second-order valence-electron chi connectivity index (χ2n) is 10.2. The van der Waals surface area contributed by atoms with Gasteiger partial charge in [0.05, 0.1) is 0 Å². The predicted octanol–water partition coefficient (Wildman–Crippen LogP) is 4.11. The number of rotatable bonds is 7. The van der Waals surface area contributed by atoms with Crippen LogP contribution in [0.2, 0.25) is 0 Å². The number of nitrogens with zero attached hydrogens (tertiary/aromatic N) is 5. The fourth-order valence-corrected chi connectivity index (χ4v) is 4.57. The average molecular weight is 497 g/mol. The molecule has 4 rings (SSSR count). The molecule has 1 aliphatic rings. The maximum absolute atomic E-state index is 14.1. The van der Waals surface area contributed by atoms with E-state index in [0.29, 0.717) is 24.2 Å². The smallest absolute Gasteiger partial charge is 0.251 e. The van der Waals surface area contributed by atoms with Crippen molar-refractivity contribution in [3.63, 3.8) is 0 Å². The highest BCUT2D eigenvalue weighted by atomic mass is 16.2. The van der Waals surface area contributed by atoms with E-state index in [-0.39, 0.29) is 23.8 Å². The lowest BCUT2D eigenvalue weighted by atomic mass is 9.87. The zero-order valence-corrected chi connectivity index (χ0v) is 21.5. The van der Waals surface area contributed by atoms with Crippen molar-refractivity contribution in [1.29, 1.82) is 5.26 Å². The van der Waals surface area contributed by atoms with Crippen molar-refractivity contribution in [2.75, 3.05) is 11.4 Å². The molecular formula is C29H32N6O2. The molecule has 0 bridgehead atoms. The highest BCUT2D eigenvalue weighted by molar-refractivity contribution is 6.04. The Morgan fingerprint density at radius 2 is 1.84 bits per heavy atom. The van der Waals surface area contributed by atoms with E-state index in [9.17, 15) is 14.9 Å². The van der Waals surface area contributed by atoms with Gasteiger partial charge in [-0.3, -0.25) is 29.4 Å². The van der Waals surface area contributed by atoms with Gasteiger partial charge in [-0.05, 0) is 59.7 Å². The lowest BCUT2D eigenvalue weighted by molar-refractivity contribution is -0.128. The van der Waals surface area contributed by atoms with E-state index in [1.54, 1.807) is 36.9 Å². The van der Waals surface area contributed by atoms with E-state index in [2.05, 4.69) is 42.2 Å². The van der Waals surface area contributed by atoms with Crippen LogP contribution in [0.25, 0.3) is 0 Å². The summed E-state index contributed by atoms with van der Waals surface area (Å²) in [5.41, 5.74) is 3.12. The maximum Gasteiger partial charge on any atom is 0.251 e. The Bertz CT molecular complexity index is 1250. The van der Waals surface area contributed by atoms with Gasteiger partial charge in [-0.1, -0.05) is 39.0 Å². The number of benzene rings is 1. The van der Waals surface area contributed by atoms with E-state index < -0.39 is 12.1 Å². The molecule has 0 saturated carbocycles. The summed E-state index contributed by atoms with van der Waals surface area (Å²) in [6.45, 7) is 7.18. The van der Waals surface area contributed by atoms with Crippen molar-refractivity contribution in [1.82, 2.24) is 20.2 Å². The van der Waals surface area contributed by atoms with Gasteiger partial charge in [0.25, 0.3) is 5.91 Å². The number of nitrogens with one attached hydrogen (secondary N) is 1. The Labute approximate surface area is 218 Å². The summed E-state index contributed by atoms with van der Waals surface area (Å²) in [7, 11) is 0. The molecule has 2 atom stereocenters. The molecule has 0 radical (unpaired) electrons. The van der Waals surface area contributed by atoms with Gasteiger partial charge in [-0.2, -0.15) is 5.26 Å². The fraction of sp³-hybridized carbons (Fsp3) is 0.345. The summed E-state index contributed by atoms with van der Waals surface area (Å²) in [5.74, 6) is -0.616. The van der Waals surface area contributed by atoms with Gasteiger partial charge >= 0.3 is 0 Å². The third-order valence-electron chi connectivity index (χ3n) is 6.64. The van der Waals surface area contributed by atoms with E-state index >= 15 is 0 Å². The molecule has 1 fully saturated rings. The van der Waals surface area contributed by atoms with Gasteiger partial charge in [-0.25, -0.2) is 0 Å². The topological polar surface area (TPSA) is 102 Å². The summed E-state index contributed by atoms with van der Waals surface area (Å²) in [6, 6.07) is 13.3. The Kier molecular flexibility index (Phi) is 7.83. The molecule has 3 aromatic rings. The Balaban J connectivity index is 1.76. The number of carbonyl (C=O) groups excluding carboxylic acids is 2. The predicted molar refractivity (Wildman–Crippen MR) is 141 cm³/mol. The molecule has 3 heterocycles. The van der Waals surface area contributed by atoms with Gasteiger partial charge in [0.1, 0.15) is 12.1 Å². The minimum absolute atomic E-state index is 0.0684. The number of likely N-dealkylation sites (tertiary alicyclic amines) is 1. The van der Waals surface area contributed by atoms with Crippen LogP contribution in [0.3, 0.4) is 0 Å². The molecule has 2 aromatic heterocycles. The van der Waals surface area contributed by atoms with Gasteiger partial charge in [0, 0.05) is 49.1 Å². The number of hydrogen-bond donors (Lipinski definition) is 1. The standard InChI is InChI=1S/C29H32N6O2/c1-29(2,3)23-8-10-24(11-9-23)35(28(37)25-7-5-17-34(25)20-30)26(22-6-4-14-32-19-22)27(36)33-18-21-12-15-31-16-13-21/h4,6,8-16,19,25-26H,5,7,17-18H2,1-3H3,(H,33,36). The summed E-state index contributed by atoms with van der Waals surface area (Å²) < 4.78 is 0. The molecule has 1 aromatic carbocycles. The highest BCUT2D eigenvalue weighted by Crippen LogP contribution is 2.33. The molecule has 1 saturated heterocycles. The molecule has 8 heteroatoms. The van der Waals surface area contributed by atoms with Gasteiger partial charge in [-0.15, -0.1) is 0 Å². The first kappa shape index (κ1) is 25.8. The van der Waals surface area contributed by atoms with Crippen molar-refractivity contribution in [3.05, 3.63) is 90.0 Å². The molecule has 8 nitrogen and oxygen atoms in total. The minimum Gasteiger partial charge on any atom is -0.350 e. The molecule has 2 amide bonds. The SMILES string of the molecule is CC(C)(C)c1ccc(N(C(=O)C2CCCN2C#N)C(C(=O)NCc2ccncc2)c2cccnc2)cc1. The summed E-state index contributed by atoms with van der Waals surface area (Å²) >= 11 is 0. The molecular weight excluding hydrogens is 464 g/mol. The molecule has 1 N–H and O–H groups in total. The Morgan fingerprint density at radius 3 is 2.46 bits per heavy atom. The van der Waals surface area contributed by atoms with Crippen LogP contribution < -0.4 is 10.2 Å². The van der Waals surface area contributed by atoms with E-state index in [4.69, 9.17) is 0 Å². The Morgan fingerprint density at radius 1 is 1.11 bits per heavy atom. The van der Waals surface area contributed by atoms with Crippen LogP contribution in [0.1, 0.15) is 56.3 Å². The number of aromatic nitrogens is 2. The van der Waals surface area contributed by atoms with Crippen LogP contribution in [0, 0.1) is 11.5 Å². The van der Waals surface area contributed by atoms with Crippen LogP contribution in [-0.4, -0.2) is 39.3 Å². The normalized spacial score (nSPS) is 16.1. The Hall–Kier alpha value is -4.25. The summed E-state index contributed by atoms with van der Waals surface area (Å²) in [5, 5.41) is 12.6. The summed E-state index contributed by atoms with van der Waals surface area (Å²) in [6.07, 6.45) is 10.0. The van der Waals surface area contributed by atoms with Gasteiger partial charge in [0.15, 0.2) is 6.19 Å². The number of pyridine rings is 2. The molecule has 190 valence electrons. The first-order valence-electron chi connectivity index (χ1n) is 12.5. The lowest BCUT2D eigenvalue weighted by Crippen LogP contribution is -2.50. The third kappa shape index (κ3) is 5.95. The first-order chi connectivity index (χ1) is 17.8. The van der Waals surface area contributed by atoms with Gasteiger partial charge in [0.2, 0.25) is 5.91 Å². The van der Waals surface area contributed by atoms with E-state index in [0.717, 1.165) is 17.5 Å². The van der Waals surface area contributed by atoms with Gasteiger partial charge < -0.3 is 5.32 Å². The quantitative estimate of drug-likeness (QED) is 0.494. The van der Waals surface area contributed by atoms with Crippen molar-refractivity contribution in [2.45, 2.75) is 57.7 Å². The van der Waals surface area contributed by atoms with Crippen LogP contribution in [-0.2, 0) is 21.5 Å². The number of anilines is 1. The number of carbonyl (C=O) groups is 2. The molecule has 37 heavy (non-hydrogen) atoms. The molecule has 0 spiro atoms. The lowest BCUT2D eigenvalue weighted by Gasteiger charge is -2.34. The number of amides is 2. The second kappa shape index (κ2) is 11.2. The number of hydrogen-bond acceptors (Lipinski definition) is 6.